The van der Waals surface area contributed by atoms with Crippen molar-refractivity contribution in [3.63, 3.8) is 0 Å². The second-order valence-corrected chi connectivity index (χ2v) is 8.22. The van der Waals surface area contributed by atoms with Gasteiger partial charge in [-0.15, -0.1) is 0 Å². The number of nitrogens with zero attached hydrogens (tertiary/aromatic N) is 3. The molecular formula is C28H22F2N4O. The van der Waals surface area contributed by atoms with Gasteiger partial charge in [0, 0.05) is 34.3 Å². The molecule has 0 saturated carbocycles. The lowest BCUT2D eigenvalue weighted by Gasteiger charge is -2.09. The predicted octanol–water partition coefficient (Wildman–Crippen LogP) is 6.48. The maximum atomic E-state index is 13.5. The van der Waals surface area contributed by atoms with Gasteiger partial charge in [0.05, 0.1) is 11.4 Å². The summed E-state index contributed by atoms with van der Waals surface area (Å²) in [5, 5.41) is 7.71. The molecule has 0 saturated heterocycles. The molecule has 0 fully saturated rings. The minimum Gasteiger partial charge on any atom is -0.318 e. The SMILES string of the molecule is Cc1cc(-c2cc(NC(=O)c3ccc(F)cc3)n(-c3ccccc3)n2)c(C)n1-c1ccc(F)cc1. The third-order valence-electron chi connectivity index (χ3n) is 5.85. The highest BCUT2D eigenvalue weighted by Crippen LogP contribution is 2.31. The summed E-state index contributed by atoms with van der Waals surface area (Å²) in [5.41, 5.74) is 5.42. The zero-order chi connectivity index (χ0) is 24.5. The van der Waals surface area contributed by atoms with E-state index in [0.29, 0.717) is 17.1 Å². The van der Waals surface area contributed by atoms with Gasteiger partial charge in [-0.05, 0) is 80.6 Å². The van der Waals surface area contributed by atoms with Gasteiger partial charge >= 0.3 is 0 Å². The van der Waals surface area contributed by atoms with Crippen molar-refractivity contribution in [2.45, 2.75) is 13.8 Å². The fraction of sp³-hybridized carbons (Fsp3) is 0.0714. The molecule has 0 unspecified atom stereocenters. The van der Waals surface area contributed by atoms with Crippen LogP contribution in [0.2, 0.25) is 0 Å². The first kappa shape index (κ1) is 22.3. The number of aromatic nitrogens is 3. The van der Waals surface area contributed by atoms with Crippen LogP contribution < -0.4 is 5.32 Å². The Kier molecular flexibility index (Phi) is 5.74. The Morgan fingerprint density at radius 1 is 0.800 bits per heavy atom. The van der Waals surface area contributed by atoms with E-state index >= 15 is 0 Å². The lowest BCUT2D eigenvalue weighted by Crippen LogP contribution is -2.15. The second-order valence-electron chi connectivity index (χ2n) is 8.22. The summed E-state index contributed by atoms with van der Waals surface area (Å²) < 4.78 is 30.5. The minimum absolute atomic E-state index is 0.292. The van der Waals surface area contributed by atoms with Crippen molar-refractivity contribution in [1.29, 1.82) is 0 Å². The van der Waals surface area contributed by atoms with Gasteiger partial charge in [-0.2, -0.15) is 5.10 Å². The van der Waals surface area contributed by atoms with Gasteiger partial charge in [-0.1, -0.05) is 18.2 Å². The molecule has 0 radical (unpaired) electrons. The number of carbonyl (C=O) groups is 1. The van der Waals surface area contributed by atoms with E-state index in [2.05, 4.69) is 5.32 Å². The van der Waals surface area contributed by atoms with Crippen LogP contribution in [0.1, 0.15) is 21.7 Å². The standard InChI is InChI=1S/C28H22F2N4O/c1-18-16-25(19(2)33(18)23-14-12-22(30)13-15-23)26-17-27(34(32-26)24-6-4-3-5-7-24)31-28(35)20-8-10-21(29)11-9-20/h3-17H,1-2H3,(H,31,35). The van der Waals surface area contributed by atoms with Crippen LogP contribution in [0.25, 0.3) is 22.6 Å². The Labute approximate surface area is 201 Å². The number of benzene rings is 3. The van der Waals surface area contributed by atoms with Crippen LogP contribution in [-0.4, -0.2) is 20.3 Å². The molecule has 0 aliphatic heterocycles. The number of hydrogen-bond acceptors (Lipinski definition) is 2. The first-order valence-electron chi connectivity index (χ1n) is 11.1. The maximum absolute atomic E-state index is 13.5. The van der Waals surface area contributed by atoms with Gasteiger partial charge in [0.1, 0.15) is 17.5 Å². The summed E-state index contributed by atoms with van der Waals surface area (Å²) in [6, 6.07) is 25.0. The molecule has 1 N–H and O–H groups in total. The van der Waals surface area contributed by atoms with Crippen molar-refractivity contribution >= 4 is 11.7 Å². The molecule has 3 aromatic carbocycles. The van der Waals surface area contributed by atoms with Gasteiger partial charge < -0.3 is 9.88 Å². The number of halogens is 2. The van der Waals surface area contributed by atoms with Crippen LogP contribution in [-0.2, 0) is 0 Å². The normalized spacial score (nSPS) is 11.0. The summed E-state index contributed by atoms with van der Waals surface area (Å²) >= 11 is 0. The van der Waals surface area contributed by atoms with Gasteiger partial charge in [-0.3, -0.25) is 4.79 Å². The topological polar surface area (TPSA) is 51.9 Å². The number of carbonyl (C=O) groups excluding carboxylic acids is 1. The van der Waals surface area contributed by atoms with E-state index in [1.54, 1.807) is 16.8 Å². The molecular weight excluding hydrogens is 446 g/mol. The van der Waals surface area contributed by atoms with Crippen LogP contribution in [0, 0.1) is 25.5 Å². The molecule has 0 aliphatic rings. The van der Waals surface area contributed by atoms with Gasteiger partial charge in [-0.25, -0.2) is 13.5 Å². The first-order valence-corrected chi connectivity index (χ1v) is 11.1. The number of rotatable bonds is 5. The van der Waals surface area contributed by atoms with Crippen LogP contribution in [0.15, 0.2) is 91.0 Å². The van der Waals surface area contributed by atoms with E-state index in [1.165, 1.54) is 36.4 Å². The highest BCUT2D eigenvalue weighted by molar-refractivity contribution is 6.04. The van der Waals surface area contributed by atoms with Crippen molar-refractivity contribution in [2.75, 3.05) is 5.32 Å². The number of nitrogens with one attached hydrogen (secondary N) is 1. The average Bonchev–Trinajstić information content (AvgIpc) is 3.40. The third kappa shape index (κ3) is 4.36. The lowest BCUT2D eigenvalue weighted by molar-refractivity contribution is 0.102. The molecule has 0 spiro atoms. The minimum atomic E-state index is -0.408. The summed E-state index contributed by atoms with van der Waals surface area (Å²) in [6.07, 6.45) is 0. The monoisotopic (exact) mass is 468 g/mol. The summed E-state index contributed by atoms with van der Waals surface area (Å²) in [7, 11) is 0. The largest absolute Gasteiger partial charge is 0.318 e. The lowest BCUT2D eigenvalue weighted by atomic mass is 10.2. The van der Waals surface area contributed by atoms with Crippen LogP contribution in [0.5, 0.6) is 0 Å². The van der Waals surface area contributed by atoms with Crippen molar-refractivity contribution in [3.05, 3.63) is 120 Å². The fourth-order valence-electron chi connectivity index (χ4n) is 4.17. The molecule has 174 valence electrons. The highest BCUT2D eigenvalue weighted by Gasteiger charge is 2.19. The van der Waals surface area contributed by atoms with E-state index in [4.69, 9.17) is 5.10 Å². The van der Waals surface area contributed by atoms with Crippen molar-refractivity contribution < 1.29 is 13.6 Å². The van der Waals surface area contributed by atoms with Crippen molar-refractivity contribution in [1.82, 2.24) is 14.3 Å². The third-order valence-corrected chi connectivity index (χ3v) is 5.85. The zero-order valence-corrected chi connectivity index (χ0v) is 19.2. The summed E-state index contributed by atoms with van der Waals surface area (Å²) in [6.45, 7) is 3.95. The molecule has 1 amide bonds. The van der Waals surface area contributed by atoms with E-state index in [-0.39, 0.29) is 11.7 Å². The number of amides is 1. The Morgan fingerprint density at radius 3 is 2.09 bits per heavy atom. The Hall–Kier alpha value is -4.52. The zero-order valence-electron chi connectivity index (χ0n) is 19.2. The molecule has 0 atom stereocenters. The molecule has 5 rings (SSSR count). The smallest absolute Gasteiger partial charge is 0.256 e. The highest BCUT2D eigenvalue weighted by atomic mass is 19.1. The van der Waals surface area contributed by atoms with Crippen molar-refractivity contribution in [3.8, 4) is 22.6 Å². The molecule has 2 heterocycles. The predicted molar refractivity (Wildman–Crippen MR) is 132 cm³/mol. The Morgan fingerprint density at radius 2 is 1.43 bits per heavy atom. The van der Waals surface area contributed by atoms with Crippen LogP contribution in [0.4, 0.5) is 14.6 Å². The van der Waals surface area contributed by atoms with E-state index in [0.717, 1.165) is 28.3 Å². The number of para-hydroxylation sites is 1. The molecule has 35 heavy (non-hydrogen) atoms. The summed E-state index contributed by atoms with van der Waals surface area (Å²) in [4.78, 5) is 12.9. The van der Waals surface area contributed by atoms with Crippen LogP contribution >= 0.6 is 0 Å². The van der Waals surface area contributed by atoms with Gasteiger partial charge in [0.15, 0.2) is 0 Å². The van der Waals surface area contributed by atoms with E-state index in [1.807, 2.05) is 60.9 Å². The molecule has 0 bridgehead atoms. The molecule has 2 aromatic heterocycles. The summed E-state index contributed by atoms with van der Waals surface area (Å²) in [5.74, 6) is -0.591. The number of anilines is 1. The number of aryl methyl sites for hydroxylation is 1. The maximum Gasteiger partial charge on any atom is 0.256 e. The van der Waals surface area contributed by atoms with Crippen LogP contribution in [0.3, 0.4) is 0 Å². The van der Waals surface area contributed by atoms with E-state index in [9.17, 15) is 13.6 Å². The molecule has 7 heteroatoms. The van der Waals surface area contributed by atoms with Gasteiger partial charge in [0.2, 0.25) is 0 Å². The fourth-order valence-corrected chi connectivity index (χ4v) is 4.17. The molecule has 0 aliphatic carbocycles. The molecule has 5 nitrogen and oxygen atoms in total. The molecule has 5 aromatic rings. The first-order chi connectivity index (χ1) is 16.9. The Bertz CT molecular complexity index is 1500. The Balaban J connectivity index is 1.57. The van der Waals surface area contributed by atoms with E-state index < -0.39 is 5.82 Å². The van der Waals surface area contributed by atoms with Gasteiger partial charge in [0.25, 0.3) is 5.91 Å². The second kappa shape index (κ2) is 9.02. The quantitative estimate of drug-likeness (QED) is 0.321. The number of hydrogen-bond donors (Lipinski definition) is 1. The van der Waals surface area contributed by atoms with Crippen molar-refractivity contribution in [2.24, 2.45) is 0 Å². The average molecular weight is 469 g/mol.